The van der Waals surface area contributed by atoms with E-state index in [0.29, 0.717) is 0 Å². The van der Waals surface area contributed by atoms with Crippen LogP contribution in [0.2, 0.25) is 5.02 Å². The van der Waals surface area contributed by atoms with Crippen molar-refractivity contribution >= 4 is 33.5 Å². The van der Waals surface area contributed by atoms with Crippen molar-refractivity contribution < 1.29 is 4.42 Å². The maximum absolute atomic E-state index is 6.14. The van der Waals surface area contributed by atoms with Crippen LogP contribution in [0.15, 0.2) is 59.0 Å². The van der Waals surface area contributed by atoms with Crippen LogP contribution in [-0.4, -0.2) is 0 Å². The van der Waals surface area contributed by atoms with Gasteiger partial charge in [-0.15, -0.1) is 0 Å². The van der Waals surface area contributed by atoms with Crippen LogP contribution in [-0.2, 0) is 6.42 Å². The fraction of sp³-hybridized carbons (Fsp3) is 0.143. The minimum Gasteiger partial charge on any atom is -0.456 e. The van der Waals surface area contributed by atoms with E-state index < -0.39 is 0 Å². The summed E-state index contributed by atoms with van der Waals surface area (Å²) in [5.41, 5.74) is 7.08. The van der Waals surface area contributed by atoms with Crippen LogP contribution in [0.25, 0.3) is 21.9 Å². The first-order valence-electron chi connectivity index (χ1n) is 7.77. The van der Waals surface area contributed by atoms with Crippen molar-refractivity contribution in [2.24, 2.45) is 0 Å². The van der Waals surface area contributed by atoms with Crippen molar-refractivity contribution in [3.63, 3.8) is 0 Å². The molecule has 0 spiro atoms. The second-order valence-electron chi connectivity index (χ2n) is 6.18. The topological polar surface area (TPSA) is 13.1 Å². The van der Waals surface area contributed by atoms with E-state index in [0.717, 1.165) is 33.4 Å². The summed E-state index contributed by atoms with van der Waals surface area (Å²) in [7, 11) is 0. The molecule has 0 saturated heterocycles. The lowest BCUT2D eigenvalue weighted by atomic mass is 9.98. The Balaban J connectivity index is 1.81. The first kappa shape index (κ1) is 14.3. The van der Waals surface area contributed by atoms with Gasteiger partial charge in [-0.1, -0.05) is 41.4 Å². The monoisotopic (exact) mass is 320 g/mol. The average molecular weight is 321 g/mol. The van der Waals surface area contributed by atoms with Crippen LogP contribution in [0.3, 0.4) is 0 Å². The van der Waals surface area contributed by atoms with Gasteiger partial charge in [0.2, 0.25) is 0 Å². The maximum Gasteiger partial charge on any atom is 0.135 e. The molecule has 0 aliphatic carbocycles. The Morgan fingerprint density at radius 1 is 0.826 bits per heavy atom. The van der Waals surface area contributed by atoms with Gasteiger partial charge in [-0.2, -0.15) is 0 Å². The second-order valence-corrected chi connectivity index (χ2v) is 6.62. The first-order valence-corrected chi connectivity index (χ1v) is 8.15. The van der Waals surface area contributed by atoms with Crippen LogP contribution < -0.4 is 0 Å². The molecule has 4 aromatic rings. The Morgan fingerprint density at radius 3 is 2.35 bits per heavy atom. The van der Waals surface area contributed by atoms with Gasteiger partial charge in [-0.25, -0.2) is 0 Å². The van der Waals surface area contributed by atoms with Gasteiger partial charge in [0.25, 0.3) is 0 Å². The number of halogens is 1. The number of benzene rings is 3. The van der Waals surface area contributed by atoms with Gasteiger partial charge < -0.3 is 4.42 Å². The van der Waals surface area contributed by atoms with Crippen molar-refractivity contribution in [3.05, 3.63) is 81.9 Å². The molecule has 1 nitrogen and oxygen atoms in total. The fourth-order valence-corrected chi connectivity index (χ4v) is 3.34. The lowest BCUT2D eigenvalue weighted by Gasteiger charge is -2.07. The molecule has 1 heterocycles. The molecule has 0 saturated carbocycles. The molecular weight excluding hydrogens is 304 g/mol. The molecule has 0 radical (unpaired) electrons. The Kier molecular flexibility index (Phi) is 3.39. The third-order valence-corrected chi connectivity index (χ3v) is 4.62. The van der Waals surface area contributed by atoms with Gasteiger partial charge in [-0.05, 0) is 67.3 Å². The molecule has 0 fully saturated rings. The number of fused-ring (bicyclic) bond motifs is 3. The van der Waals surface area contributed by atoms with Gasteiger partial charge in [0.05, 0.1) is 0 Å². The molecule has 0 unspecified atom stereocenters. The zero-order chi connectivity index (χ0) is 16.0. The van der Waals surface area contributed by atoms with Crippen LogP contribution in [0.1, 0.15) is 22.3 Å². The van der Waals surface area contributed by atoms with Crippen LogP contribution >= 0.6 is 11.6 Å². The summed E-state index contributed by atoms with van der Waals surface area (Å²) in [6, 6.07) is 18.8. The van der Waals surface area contributed by atoms with Crippen molar-refractivity contribution in [1.82, 2.24) is 0 Å². The largest absolute Gasteiger partial charge is 0.456 e. The molecule has 0 aliphatic heterocycles. The number of rotatable bonds is 2. The predicted molar refractivity (Wildman–Crippen MR) is 97.5 cm³/mol. The lowest BCUT2D eigenvalue weighted by molar-refractivity contribution is 0.669. The van der Waals surface area contributed by atoms with E-state index in [-0.39, 0.29) is 0 Å². The highest BCUT2D eigenvalue weighted by atomic mass is 35.5. The third-order valence-electron chi connectivity index (χ3n) is 4.39. The summed E-state index contributed by atoms with van der Waals surface area (Å²) in [6.07, 6.45) is 0.926. The first-order chi connectivity index (χ1) is 11.1. The highest BCUT2D eigenvalue weighted by Gasteiger charge is 2.09. The molecule has 0 amide bonds. The van der Waals surface area contributed by atoms with Gasteiger partial charge in [0.1, 0.15) is 11.2 Å². The molecule has 23 heavy (non-hydrogen) atoms. The van der Waals surface area contributed by atoms with E-state index in [1.165, 1.54) is 22.3 Å². The van der Waals surface area contributed by atoms with E-state index in [1.807, 2.05) is 18.2 Å². The molecule has 114 valence electrons. The van der Waals surface area contributed by atoms with E-state index >= 15 is 0 Å². The van der Waals surface area contributed by atoms with E-state index in [9.17, 15) is 0 Å². The van der Waals surface area contributed by atoms with Crippen molar-refractivity contribution in [1.29, 1.82) is 0 Å². The molecule has 0 aliphatic rings. The Bertz CT molecular complexity index is 1030. The molecule has 2 heteroatoms. The van der Waals surface area contributed by atoms with Gasteiger partial charge in [-0.3, -0.25) is 0 Å². The maximum atomic E-state index is 6.14. The zero-order valence-corrected chi connectivity index (χ0v) is 13.9. The number of hydrogen-bond donors (Lipinski definition) is 0. The minimum absolute atomic E-state index is 0.736. The summed E-state index contributed by atoms with van der Waals surface area (Å²) in [5.74, 6) is 0. The molecule has 0 atom stereocenters. The van der Waals surface area contributed by atoms with Crippen LogP contribution in [0, 0.1) is 13.8 Å². The molecule has 0 bridgehead atoms. The van der Waals surface area contributed by atoms with E-state index in [4.69, 9.17) is 16.0 Å². The van der Waals surface area contributed by atoms with E-state index in [2.05, 4.69) is 50.2 Å². The standard InChI is InChI=1S/C21H17ClO/c1-13-3-5-16(14(2)9-13)10-15-4-7-20-18(11-15)19-12-17(22)6-8-21(19)23-20/h3-9,11-12H,10H2,1-2H3. The second kappa shape index (κ2) is 5.43. The van der Waals surface area contributed by atoms with Crippen molar-refractivity contribution in [2.45, 2.75) is 20.3 Å². The summed E-state index contributed by atoms with van der Waals surface area (Å²) in [6.45, 7) is 4.30. The average Bonchev–Trinajstić information content (AvgIpc) is 2.87. The van der Waals surface area contributed by atoms with Gasteiger partial charge in [0, 0.05) is 15.8 Å². The molecule has 1 aromatic heterocycles. The van der Waals surface area contributed by atoms with Gasteiger partial charge in [0.15, 0.2) is 0 Å². The number of furan rings is 1. The smallest absolute Gasteiger partial charge is 0.135 e. The summed E-state index contributed by atoms with van der Waals surface area (Å²) >= 11 is 6.14. The van der Waals surface area contributed by atoms with Crippen molar-refractivity contribution in [3.8, 4) is 0 Å². The van der Waals surface area contributed by atoms with Crippen molar-refractivity contribution in [2.75, 3.05) is 0 Å². The summed E-state index contributed by atoms with van der Waals surface area (Å²) < 4.78 is 5.89. The fourth-order valence-electron chi connectivity index (χ4n) is 3.17. The normalized spacial score (nSPS) is 11.4. The highest BCUT2D eigenvalue weighted by molar-refractivity contribution is 6.31. The lowest BCUT2D eigenvalue weighted by Crippen LogP contribution is -1.92. The number of aryl methyl sites for hydroxylation is 2. The number of hydrogen-bond acceptors (Lipinski definition) is 1. The highest BCUT2D eigenvalue weighted by Crippen LogP contribution is 2.32. The molecule has 0 N–H and O–H groups in total. The third kappa shape index (κ3) is 2.62. The SMILES string of the molecule is Cc1ccc(Cc2ccc3oc4ccc(Cl)cc4c3c2)c(C)c1. The summed E-state index contributed by atoms with van der Waals surface area (Å²) in [4.78, 5) is 0. The quantitative estimate of drug-likeness (QED) is 0.414. The van der Waals surface area contributed by atoms with Gasteiger partial charge >= 0.3 is 0 Å². The Labute approximate surface area is 140 Å². The van der Waals surface area contributed by atoms with E-state index in [1.54, 1.807) is 0 Å². The zero-order valence-electron chi connectivity index (χ0n) is 13.2. The minimum atomic E-state index is 0.736. The Hall–Kier alpha value is -2.25. The summed E-state index contributed by atoms with van der Waals surface area (Å²) in [5, 5.41) is 2.94. The molecule has 4 rings (SSSR count). The van der Waals surface area contributed by atoms with Crippen LogP contribution in [0.5, 0.6) is 0 Å². The molecular formula is C21H17ClO. The molecule has 3 aromatic carbocycles. The Morgan fingerprint density at radius 2 is 1.57 bits per heavy atom. The van der Waals surface area contributed by atoms with Crippen LogP contribution in [0.4, 0.5) is 0 Å². The predicted octanol–water partition coefficient (Wildman–Crippen LogP) is 6.45.